The molecule has 0 saturated carbocycles. The zero-order chi connectivity index (χ0) is 24.1. The van der Waals surface area contributed by atoms with Crippen LogP contribution in [-0.4, -0.2) is 53.7 Å². The summed E-state index contributed by atoms with van der Waals surface area (Å²) in [6.45, 7) is 0.566. The first-order chi connectivity index (χ1) is 16.4. The normalized spacial score (nSPS) is 22.5. The number of benzene rings is 1. The van der Waals surface area contributed by atoms with E-state index in [2.05, 4.69) is 37.2 Å². The van der Waals surface area contributed by atoms with Gasteiger partial charge in [-0.1, -0.05) is 30.3 Å². The molecule has 3 heterocycles. The Kier molecular flexibility index (Phi) is 7.46. The second-order valence-corrected chi connectivity index (χ2v) is 9.35. The van der Waals surface area contributed by atoms with Gasteiger partial charge in [-0.2, -0.15) is 0 Å². The van der Waals surface area contributed by atoms with Crippen molar-refractivity contribution in [2.75, 3.05) is 6.54 Å². The van der Waals surface area contributed by atoms with Crippen molar-refractivity contribution < 1.29 is 19.2 Å². The summed E-state index contributed by atoms with van der Waals surface area (Å²) in [4.78, 5) is 51.6. The fraction of sp³-hybridized carbons (Fsp3) is 0.333. The maximum atomic E-state index is 13.2. The summed E-state index contributed by atoms with van der Waals surface area (Å²) >= 11 is 3.41. The van der Waals surface area contributed by atoms with E-state index in [0.717, 1.165) is 10.0 Å². The van der Waals surface area contributed by atoms with Gasteiger partial charge in [0.25, 0.3) is 5.91 Å². The first-order valence-corrected chi connectivity index (χ1v) is 11.9. The number of fused-ring (bicyclic) bond motifs is 1. The monoisotopic (exact) mass is 527 g/mol. The Hall–Kier alpha value is -3.40. The zero-order valence-corrected chi connectivity index (χ0v) is 20.0. The van der Waals surface area contributed by atoms with E-state index in [0.29, 0.717) is 24.9 Å². The number of nitrogens with one attached hydrogen (secondary N) is 4. The topological polar surface area (TPSA) is 120 Å². The zero-order valence-electron chi connectivity index (χ0n) is 18.4. The SMILES string of the molecule is O=C[C@H](C[C@@H]1CCNC1=O)NC(=O)[C@H](Cc1ccccc1)NC(=O)C1=CN2C=C(Br)C=CC2N1. The van der Waals surface area contributed by atoms with Crippen LogP contribution < -0.4 is 21.3 Å². The van der Waals surface area contributed by atoms with Gasteiger partial charge in [0.2, 0.25) is 11.8 Å². The van der Waals surface area contributed by atoms with Gasteiger partial charge in [-0.05, 0) is 46.5 Å². The fourth-order valence-corrected chi connectivity index (χ4v) is 4.55. The molecule has 0 bridgehead atoms. The molecule has 178 valence electrons. The molecule has 0 radical (unpaired) electrons. The highest BCUT2D eigenvalue weighted by Gasteiger charge is 2.32. The Labute approximate surface area is 205 Å². The number of allylic oxidation sites excluding steroid dienone is 2. The van der Waals surface area contributed by atoms with E-state index in [-0.39, 0.29) is 30.8 Å². The highest BCUT2D eigenvalue weighted by atomic mass is 79.9. The van der Waals surface area contributed by atoms with Gasteiger partial charge in [0.15, 0.2) is 0 Å². The second kappa shape index (κ2) is 10.7. The van der Waals surface area contributed by atoms with E-state index in [9.17, 15) is 19.2 Å². The molecule has 34 heavy (non-hydrogen) atoms. The van der Waals surface area contributed by atoms with Gasteiger partial charge in [0, 0.05) is 35.8 Å². The van der Waals surface area contributed by atoms with Gasteiger partial charge in [-0.3, -0.25) is 14.4 Å². The number of aldehydes is 1. The van der Waals surface area contributed by atoms with Crippen molar-refractivity contribution in [3.63, 3.8) is 0 Å². The average molecular weight is 528 g/mol. The minimum absolute atomic E-state index is 0.110. The highest BCUT2D eigenvalue weighted by Crippen LogP contribution is 2.22. The number of halogens is 1. The number of nitrogens with zero attached hydrogens (tertiary/aromatic N) is 1. The largest absolute Gasteiger partial charge is 0.356 e. The van der Waals surface area contributed by atoms with Crippen LogP contribution in [0.4, 0.5) is 0 Å². The Bertz CT molecular complexity index is 1050. The molecule has 1 aromatic carbocycles. The lowest BCUT2D eigenvalue weighted by Crippen LogP contribution is -2.52. The summed E-state index contributed by atoms with van der Waals surface area (Å²) in [5, 5.41) is 11.4. The van der Waals surface area contributed by atoms with Crippen molar-refractivity contribution >= 4 is 39.9 Å². The molecule has 0 spiro atoms. The smallest absolute Gasteiger partial charge is 0.269 e. The van der Waals surface area contributed by atoms with Crippen LogP contribution in [0.2, 0.25) is 0 Å². The first kappa shape index (κ1) is 23.7. The molecule has 3 aliphatic rings. The lowest BCUT2D eigenvalue weighted by molar-refractivity contribution is -0.129. The summed E-state index contributed by atoms with van der Waals surface area (Å²) in [6, 6.07) is 7.59. The molecule has 4 atom stereocenters. The first-order valence-electron chi connectivity index (χ1n) is 11.1. The Morgan fingerprint density at radius 2 is 2.00 bits per heavy atom. The molecule has 1 aromatic rings. The van der Waals surface area contributed by atoms with E-state index in [1.165, 1.54) is 0 Å². The molecule has 4 N–H and O–H groups in total. The van der Waals surface area contributed by atoms with Crippen LogP contribution in [0.15, 0.2) is 65.1 Å². The van der Waals surface area contributed by atoms with Crippen LogP contribution in [0.3, 0.4) is 0 Å². The Morgan fingerprint density at radius 3 is 2.71 bits per heavy atom. The summed E-state index contributed by atoms with van der Waals surface area (Å²) in [5.74, 6) is -1.34. The second-order valence-electron chi connectivity index (χ2n) is 8.43. The molecule has 3 aliphatic heterocycles. The molecule has 1 fully saturated rings. The van der Waals surface area contributed by atoms with E-state index >= 15 is 0 Å². The van der Waals surface area contributed by atoms with E-state index < -0.39 is 23.9 Å². The number of hydrogen-bond acceptors (Lipinski definition) is 6. The van der Waals surface area contributed by atoms with Crippen LogP contribution >= 0.6 is 15.9 Å². The standard InChI is InChI=1S/C24H26BrN5O4/c25-17-6-7-21-28-20(13-30(21)12-17)24(34)29-19(10-15-4-2-1-3-5-15)23(33)27-18(14-31)11-16-8-9-26-22(16)32/h1-7,12-14,16,18-19,21,28H,8-11H2,(H,26,32)(H,27,33)(H,29,34)/t16-,18-,19-,21?/m0/s1. The fourth-order valence-electron chi connectivity index (χ4n) is 4.16. The van der Waals surface area contributed by atoms with Gasteiger partial charge in [0.1, 0.15) is 24.2 Å². The van der Waals surface area contributed by atoms with Crippen molar-refractivity contribution in [2.45, 2.75) is 37.5 Å². The third-order valence-electron chi connectivity index (χ3n) is 5.96. The Morgan fingerprint density at radius 1 is 1.21 bits per heavy atom. The molecule has 0 aromatic heterocycles. The molecular weight excluding hydrogens is 502 g/mol. The van der Waals surface area contributed by atoms with Crippen molar-refractivity contribution in [1.82, 2.24) is 26.2 Å². The van der Waals surface area contributed by atoms with Crippen LogP contribution in [0, 0.1) is 5.92 Å². The van der Waals surface area contributed by atoms with Gasteiger partial charge in [-0.25, -0.2) is 0 Å². The predicted octanol–water partition coefficient (Wildman–Crippen LogP) is 0.803. The molecule has 3 amide bonds. The van der Waals surface area contributed by atoms with Gasteiger partial charge in [-0.15, -0.1) is 0 Å². The van der Waals surface area contributed by atoms with Gasteiger partial charge in [0.05, 0.1) is 6.04 Å². The van der Waals surface area contributed by atoms with E-state index in [4.69, 9.17) is 0 Å². The molecule has 1 saturated heterocycles. The highest BCUT2D eigenvalue weighted by molar-refractivity contribution is 9.11. The summed E-state index contributed by atoms with van der Waals surface area (Å²) in [6.07, 6.45) is 8.88. The maximum Gasteiger partial charge on any atom is 0.269 e. The number of carbonyl (C=O) groups is 4. The van der Waals surface area contributed by atoms with Crippen LogP contribution in [0.5, 0.6) is 0 Å². The molecular formula is C24H26BrN5O4. The molecule has 0 aliphatic carbocycles. The van der Waals surface area contributed by atoms with E-state index in [1.54, 1.807) is 6.20 Å². The lowest BCUT2D eigenvalue weighted by atomic mass is 9.98. The average Bonchev–Trinajstić information content (AvgIpc) is 3.44. The van der Waals surface area contributed by atoms with Crippen molar-refractivity contribution in [3.8, 4) is 0 Å². The third-order valence-corrected chi connectivity index (χ3v) is 6.42. The van der Waals surface area contributed by atoms with Crippen LogP contribution in [0.1, 0.15) is 18.4 Å². The number of amides is 3. The van der Waals surface area contributed by atoms with Gasteiger partial charge < -0.3 is 31.0 Å². The summed E-state index contributed by atoms with van der Waals surface area (Å²) in [5.41, 5.74) is 1.19. The van der Waals surface area contributed by atoms with E-state index in [1.807, 2.05) is 53.6 Å². The van der Waals surface area contributed by atoms with Crippen LogP contribution in [0.25, 0.3) is 0 Å². The third kappa shape index (κ3) is 5.74. The van der Waals surface area contributed by atoms with Crippen LogP contribution in [-0.2, 0) is 25.6 Å². The predicted molar refractivity (Wildman–Crippen MR) is 129 cm³/mol. The van der Waals surface area contributed by atoms with Crippen molar-refractivity contribution in [1.29, 1.82) is 0 Å². The maximum absolute atomic E-state index is 13.2. The molecule has 1 unspecified atom stereocenters. The van der Waals surface area contributed by atoms with Crippen molar-refractivity contribution in [3.05, 3.63) is 70.6 Å². The number of carbonyl (C=O) groups excluding carboxylic acids is 4. The minimum Gasteiger partial charge on any atom is -0.356 e. The Balaban J connectivity index is 1.45. The number of hydrogen-bond donors (Lipinski definition) is 4. The van der Waals surface area contributed by atoms with Gasteiger partial charge >= 0.3 is 0 Å². The summed E-state index contributed by atoms with van der Waals surface area (Å²) < 4.78 is 0.876. The molecule has 10 heteroatoms. The quantitative estimate of drug-likeness (QED) is 0.352. The molecule has 9 nitrogen and oxygen atoms in total. The minimum atomic E-state index is -0.909. The lowest BCUT2D eigenvalue weighted by Gasteiger charge is -2.23. The number of rotatable bonds is 9. The summed E-state index contributed by atoms with van der Waals surface area (Å²) in [7, 11) is 0. The van der Waals surface area contributed by atoms with Crippen molar-refractivity contribution in [2.24, 2.45) is 5.92 Å². The molecule has 4 rings (SSSR count).